The molecule has 1 radical (unpaired) electrons. The molecule has 2 heteroatoms. The molecular formula is C18H19ClN. The Hall–Kier alpha value is -1.47. The van der Waals surface area contributed by atoms with E-state index in [-0.39, 0.29) is 5.92 Å². The van der Waals surface area contributed by atoms with E-state index in [0.29, 0.717) is 0 Å². The van der Waals surface area contributed by atoms with Crippen LogP contribution >= 0.6 is 11.6 Å². The lowest BCUT2D eigenvalue weighted by atomic mass is 9.93. The second-order valence-corrected chi connectivity index (χ2v) is 5.75. The van der Waals surface area contributed by atoms with Crippen molar-refractivity contribution in [2.24, 2.45) is 0 Å². The van der Waals surface area contributed by atoms with Gasteiger partial charge in [0.15, 0.2) is 5.50 Å². The van der Waals surface area contributed by atoms with Crippen molar-refractivity contribution in [2.45, 2.75) is 25.7 Å². The van der Waals surface area contributed by atoms with Crippen LogP contribution in [0.1, 0.15) is 29.5 Å². The molecule has 0 spiro atoms. The van der Waals surface area contributed by atoms with Crippen molar-refractivity contribution in [1.29, 1.82) is 0 Å². The summed E-state index contributed by atoms with van der Waals surface area (Å²) >= 11 is 6.55. The monoisotopic (exact) mass is 284 g/mol. The van der Waals surface area contributed by atoms with Crippen molar-refractivity contribution in [2.75, 3.05) is 11.9 Å². The van der Waals surface area contributed by atoms with Gasteiger partial charge >= 0.3 is 0 Å². The van der Waals surface area contributed by atoms with Gasteiger partial charge in [-0.3, -0.25) is 0 Å². The Morgan fingerprint density at radius 1 is 1.00 bits per heavy atom. The minimum Gasteiger partial charge on any atom is -0.352 e. The number of halogens is 1. The first-order chi connectivity index (χ1) is 9.70. The van der Waals surface area contributed by atoms with Crippen molar-refractivity contribution >= 4 is 17.3 Å². The molecule has 0 aromatic heterocycles. The molecule has 2 aromatic rings. The highest BCUT2D eigenvalue weighted by Crippen LogP contribution is 2.47. The fraction of sp³-hybridized carbons (Fsp3) is 0.278. The third kappa shape index (κ3) is 2.31. The number of anilines is 1. The van der Waals surface area contributed by atoms with Crippen LogP contribution in [0.5, 0.6) is 0 Å². The van der Waals surface area contributed by atoms with Crippen LogP contribution in [0.25, 0.3) is 0 Å². The number of fused-ring (bicyclic) bond motifs is 1. The maximum Gasteiger partial charge on any atom is 0.160 e. The molecule has 0 saturated carbocycles. The van der Waals surface area contributed by atoms with Gasteiger partial charge in [0.1, 0.15) is 0 Å². The number of hydrogen-bond acceptors (Lipinski definition) is 1. The molecule has 0 saturated heterocycles. The zero-order valence-electron chi connectivity index (χ0n) is 11.9. The van der Waals surface area contributed by atoms with Gasteiger partial charge in [0.2, 0.25) is 0 Å². The SMILES string of the molecule is CCc1ccc(CC2[C](Cl)N(C)c3ccccc32)cc1. The number of benzene rings is 2. The molecule has 20 heavy (non-hydrogen) atoms. The molecule has 1 heterocycles. The molecule has 0 bridgehead atoms. The minimum absolute atomic E-state index is 0.283. The Labute approximate surface area is 126 Å². The van der Waals surface area contributed by atoms with E-state index < -0.39 is 0 Å². The van der Waals surface area contributed by atoms with Crippen molar-refractivity contribution < 1.29 is 0 Å². The number of rotatable bonds is 3. The van der Waals surface area contributed by atoms with E-state index in [9.17, 15) is 0 Å². The van der Waals surface area contributed by atoms with Gasteiger partial charge in [0.25, 0.3) is 0 Å². The quantitative estimate of drug-likeness (QED) is 0.735. The molecule has 1 aliphatic rings. The summed E-state index contributed by atoms with van der Waals surface area (Å²) in [6.45, 7) is 2.18. The Kier molecular flexibility index (Phi) is 3.71. The normalized spacial score (nSPS) is 18.4. The third-order valence-electron chi connectivity index (χ3n) is 4.15. The summed E-state index contributed by atoms with van der Waals surface area (Å²) in [6, 6.07) is 17.4. The summed E-state index contributed by atoms with van der Waals surface area (Å²) in [5.74, 6) is 0.283. The first-order valence-electron chi connectivity index (χ1n) is 7.13. The third-order valence-corrected chi connectivity index (χ3v) is 4.67. The highest BCUT2D eigenvalue weighted by molar-refractivity contribution is 6.29. The maximum atomic E-state index is 6.55. The van der Waals surface area contributed by atoms with E-state index in [4.69, 9.17) is 11.6 Å². The lowest BCUT2D eigenvalue weighted by molar-refractivity contribution is 0.767. The van der Waals surface area contributed by atoms with Crippen LogP contribution in [0.4, 0.5) is 5.69 Å². The molecule has 103 valence electrons. The molecule has 1 atom stereocenters. The maximum absolute atomic E-state index is 6.55. The molecule has 0 amide bonds. The smallest absolute Gasteiger partial charge is 0.160 e. The van der Waals surface area contributed by atoms with E-state index in [1.54, 1.807) is 0 Å². The standard InChI is InChI=1S/C18H19ClN/c1-3-13-8-10-14(11-9-13)12-16-15-6-4-5-7-17(15)20(2)18(16)19/h4-11,16H,3,12H2,1-2H3. The van der Waals surface area contributed by atoms with Gasteiger partial charge < -0.3 is 4.90 Å². The van der Waals surface area contributed by atoms with E-state index in [1.165, 1.54) is 22.4 Å². The first-order valence-corrected chi connectivity index (χ1v) is 7.51. The second kappa shape index (κ2) is 5.49. The summed E-state index contributed by atoms with van der Waals surface area (Å²) < 4.78 is 0. The number of likely N-dealkylation sites (N-methyl/N-ethyl adjacent to an activating group) is 1. The van der Waals surface area contributed by atoms with Crippen molar-refractivity contribution in [3.63, 3.8) is 0 Å². The molecule has 0 fully saturated rings. The van der Waals surface area contributed by atoms with Gasteiger partial charge in [0, 0.05) is 18.7 Å². The van der Waals surface area contributed by atoms with Gasteiger partial charge in [-0.05, 0) is 35.6 Å². The average Bonchev–Trinajstić information content (AvgIpc) is 2.74. The minimum atomic E-state index is 0.283. The Morgan fingerprint density at radius 3 is 2.35 bits per heavy atom. The average molecular weight is 285 g/mol. The largest absolute Gasteiger partial charge is 0.352 e. The van der Waals surface area contributed by atoms with E-state index in [1.807, 2.05) is 7.05 Å². The lowest BCUT2D eigenvalue weighted by Crippen LogP contribution is -2.17. The fourth-order valence-corrected chi connectivity index (χ4v) is 3.19. The molecule has 1 aliphatic heterocycles. The van der Waals surface area contributed by atoms with Crippen molar-refractivity contribution in [3.8, 4) is 0 Å². The Balaban J connectivity index is 1.86. The number of hydrogen-bond donors (Lipinski definition) is 0. The highest BCUT2D eigenvalue weighted by atomic mass is 35.5. The Bertz CT molecular complexity index is 591. The summed E-state index contributed by atoms with van der Waals surface area (Å²) in [5, 5.41) is 0. The van der Waals surface area contributed by atoms with Gasteiger partial charge in [-0.2, -0.15) is 0 Å². The topological polar surface area (TPSA) is 3.24 Å². The molecule has 2 aromatic carbocycles. The van der Waals surface area contributed by atoms with Crippen LogP contribution < -0.4 is 4.90 Å². The molecule has 0 N–H and O–H groups in total. The highest BCUT2D eigenvalue weighted by Gasteiger charge is 2.35. The van der Waals surface area contributed by atoms with Crippen LogP contribution in [0.3, 0.4) is 0 Å². The number of para-hydroxylation sites is 1. The molecule has 3 rings (SSSR count). The molecule has 1 nitrogen and oxygen atoms in total. The number of aryl methyl sites for hydroxylation is 1. The van der Waals surface area contributed by atoms with Crippen LogP contribution in [0, 0.1) is 5.50 Å². The second-order valence-electron chi connectivity index (χ2n) is 5.37. The number of nitrogens with zero attached hydrogens (tertiary/aromatic N) is 1. The van der Waals surface area contributed by atoms with Crippen LogP contribution in [-0.2, 0) is 12.8 Å². The molecule has 1 unspecified atom stereocenters. The van der Waals surface area contributed by atoms with Crippen LogP contribution in [0.15, 0.2) is 48.5 Å². The summed E-state index contributed by atoms with van der Waals surface area (Å²) in [7, 11) is 2.04. The summed E-state index contributed by atoms with van der Waals surface area (Å²) in [5.41, 5.74) is 6.21. The predicted octanol–water partition coefficient (Wildman–Crippen LogP) is 4.75. The van der Waals surface area contributed by atoms with Gasteiger partial charge in [-0.25, -0.2) is 0 Å². The first kappa shape index (κ1) is 13.5. The molecular weight excluding hydrogens is 266 g/mol. The zero-order valence-corrected chi connectivity index (χ0v) is 12.7. The van der Waals surface area contributed by atoms with Gasteiger partial charge in [-0.1, -0.05) is 61.0 Å². The lowest BCUT2D eigenvalue weighted by Gasteiger charge is -2.19. The van der Waals surface area contributed by atoms with Gasteiger partial charge in [-0.15, -0.1) is 0 Å². The molecule has 0 aliphatic carbocycles. The van der Waals surface area contributed by atoms with Gasteiger partial charge in [0.05, 0.1) is 0 Å². The van der Waals surface area contributed by atoms with E-state index in [0.717, 1.165) is 18.3 Å². The zero-order chi connectivity index (χ0) is 14.1. The van der Waals surface area contributed by atoms with Crippen molar-refractivity contribution in [1.82, 2.24) is 0 Å². The van der Waals surface area contributed by atoms with Crippen LogP contribution in [0.2, 0.25) is 0 Å². The van der Waals surface area contributed by atoms with E-state index >= 15 is 0 Å². The predicted molar refractivity (Wildman–Crippen MR) is 86.2 cm³/mol. The summed E-state index contributed by atoms with van der Waals surface area (Å²) in [4.78, 5) is 2.10. The van der Waals surface area contributed by atoms with Crippen molar-refractivity contribution in [3.05, 3.63) is 70.7 Å². The fourth-order valence-electron chi connectivity index (χ4n) is 2.91. The van der Waals surface area contributed by atoms with E-state index in [2.05, 4.69) is 60.4 Å². The Morgan fingerprint density at radius 2 is 1.65 bits per heavy atom. The summed E-state index contributed by atoms with van der Waals surface area (Å²) in [6.07, 6.45) is 2.05. The van der Waals surface area contributed by atoms with Crippen LogP contribution in [-0.4, -0.2) is 7.05 Å².